The van der Waals surface area contributed by atoms with Crippen LogP contribution in [-0.4, -0.2) is 34.5 Å². The third-order valence-electron chi connectivity index (χ3n) is 5.68. The molecule has 2 aliphatic carbocycles. The lowest BCUT2D eigenvalue weighted by atomic mass is 9.65. The van der Waals surface area contributed by atoms with E-state index in [1.807, 2.05) is 0 Å². The van der Waals surface area contributed by atoms with Gasteiger partial charge in [0.1, 0.15) is 6.10 Å². The average molecular weight is 320 g/mol. The normalized spacial score (nSPS) is 43.6. The zero-order valence-corrected chi connectivity index (χ0v) is 14.0. The van der Waals surface area contributed by atoms with E-state index in [9.17, 15) is 15.0 Å². The second-order valence-corrected chi connectivity index (χ2v) is 7.64. The molecule has 4 nitrogen and oxygen atoms in total. The van der Waals surface area contributed by atoms with Crippen molar-refractivity contribution in [1.82, 2.24) is 0 Å². The van der Waals surface area contributed by atoms with Gasteiger partial charge in [-0.05, 0) is 42.6 Å². The minimum absolute atomic E-state index is 0.116. The first-order chi connectivity index (χ1) is 10.9. The van der Waals surface area contributed by atoms with E-state index in [2.05, 4.69) is 32.1 Å². The van der Waals surface area contributed by atoms with E-state index in [-0.39, 0.29) is 30.5 Å². The van der Waals surface area contributed by atoms with Crippen molar-refractivity contribution >= 4 is 5.97 Å². The second kappa shape index (κ2) is 6.78. The molecule has 0 amide bonds. The standard InChI is InChI=1S/C19H28O4/c1-11-7-13-4-3-12(2)16(19(13)17(21)8-11)6-5-15-9-14(20)10-18(22)23-15/h3-4,7,11-12,14-17,19-21H,5-6,8-10H2,1-2H3/t11-,12-,14-,15?,16-,17-,19-/m0/s1. The zero-order valence-electron chi connectivity index (χ0n) is 14.0. The highest BCUT2D eigenvalue weighted by atomic mass is 16.5. The predicted octanol–water partition coefficient (Wildman–Crippen LogP) is 2.60. The summed E-state index contributed by atoms with van der Waals surface area (Å²) in [5.41, 5.74) is 1.26. The van der Waals surface area contributed by atoms with Crippen molar-refractivity contribution in [2.24, 2.45) is 23.7 Å². The number of cyclic esters (lactones) is 1. The van der Waals surface area contributed by atoms with Crippen LogP contribution in [0.2, 0.25) is 0 Å². The van der Waals surface area contributed by atoms with Crippen molar-refractivity contribution in [1.29, 1.82) is 0 Å². The third-order valence-corrected chi connectivity index (χ3v) is 5.68. The second-order valence-electron chi connectivity index (χ2n) is 7.64. The molecule has 0 spiro atoms. The van der Waals surface area contributed by atoms with Crippen LogP contribution in [0, 0.1) is 23.7 Å². The molecule has 0 aromatic heterocycles. The van der Waals surface area contributed by atoms with Gasteiger partial charge in [0, 0.05) is 12.3 Å². The first-order valence-electron chi connectivity index (χ1n) is 8.89. The molecule has 3 rings (SSSR count). The Labute approximate surface area is 138 Å². The molecule has 1 saturated heterocycles. The van der Waals surface area contributed by atoms with Gasteiger partial charge in [0.15, 0.2) is 0 Å². The first-order valence-corrected chi connectivity index (χ1v) is 8.89. The number of allylic oxidation sites excluding steroid dienone is 3. The highest BCUT2D eigenvalue weighted by Crippen LogP contribution is 2.43. The van der Waals surface area contributed by atoms with Gasteiger partial charge < -0.3 is 14.9 Å². The van der Waals surface area contributed by atoms with Crippen molar-refractivity contribution in [3.05, 3.63) is 23.8 Å². The van der Waals surface area contributed by atoms with E-state index in [4.69, 9.17) is 4.74 Å². The number of rotatable bonds is 3. The lowest BCUT2D eigenvalue weighted by molar-refractivity contribution is -0.160. The Morgan fingerprint density at radius 3 is 2.74 bits per heavy atom. The van der Waals surface area contributed by atoms with Crippen LogP contribution in [0.25, 0.3) is 0 Å². The number of carbonyl (C=O) groups excluding carboxylic acids is 1. The number of ether oxygens (including phenoxy) is 1. The Balaban J connectivity index is 1.67. The summed E-state index contributed by atoms with van der Waals surface area (Å²) in [7, 11) is 0. The van der Waals surface area contributed by atoms with Crippen LogP contribution in [0.1, 0.15) is 46.0 Å². The minimum Gasteiger partial charge on any atom is -0.462 e. The summed E-state index contributed by atoms with van der Waals surface area (Å²) in [4.78, 5) is 11.5. The van der Waals surface area contributed by atoms with Crippen LogP contribution in [0.15, 0.2) is 23.8 Å². The number of esters is 1. The number of hydrogen-bond donors (Lipinski definition) is 2. The topological polar surface area (TPSA) is 66.8 Å². The zero-order chi connectivity index (χ0) is 16.6. The average Bonchev–Trinajstić information content (AvgIpc) is 2.45. The number of fused-ring (bicyclic) bond motifs is 1. The summed E-state index contributed by atoms with van der Waals surface area (Å²) < 4.78 is 5.37. The van der Waals surface area contributed by atoms with Gasteiger partial charge in [-0.2, -0.15) is 0 Å². The smallest absolute Gasteiger partial charge is 0.308 e. The fourth-order valence-corrected chi connectivity index (χ4v) is 4.55. The van der Waals surface area contributed by atoms with Crippen molar-refractivity contribution in [3.63, 3.8) is 0 Å². The lowest BCUT2D eigenvalue weighted by Gasteiger charge is -2.42. The summed E-state index contributed by atoms with van der Waals surface area (Å²) in [6.45, 7) is 4.35. The van der Waals surface area contributed by atoms with Gasteiger partial charge in [0.2, 0.25) is 0 Å². The maximum absolute atomic E-state index is 11.5. The highest BCUT2D eigenvalue weighted by molar-refractivity contribution is 5.70. The fourth-order valence-electron chi connectivity index (χ4n) is 4.55. The largest absolute Gasteiger partial charge is 0.462 e. The molecule has 2 N–H and O–H groups in total. The van der Waals surface area contributed by atoms with E-state index in [1.54, 1.807) is 0 Å². The summed E-state index contributed by atoms with van der Waals surface area (Å²) in [5, 5.41) is 20.3. The van der Waals surface area contributed by atoms with E-state index >= 15 is 0 Å². The van der Waals surface area contributed by atoms with Crippen molar-refractivity contribution in [2.45, 2.75) is 64.3 Å². The molecule has 128 valence electrons. The number of aliphatic hydroxyl groups is 2. The molecular formula is C19H28O4. The number of hydrogen-bond acceptors (Lipinski definition) is 4. The van der Waals surface area contributed by atoms with Crippen LogP contribution in [0.3, 0.4) is 0 Å². The minimum atomic E-state index is -0.568. The Morgan fingerprint density at radius 2 is 2.00 bits per heavy atom. The van der Waals surface area contributed by atoms with Crippen LogP contribution in [0.4, 0.5) is 0 Å². The van der Waals surface area contributed by atoms with Gasteiger partial charge >= 0.3 is 5.97 Å². The molecule has 3 aliphatic rings. The molecule has 1 aliphatic heterocycles. The van der Waals surface area contributed by atoms with Crippen LogP contribution < -0.4 is 0 Å². The monoisotopic (exact) mass is 320 g/mol. The van der Waals surface area contributed by atoms with Gasteiger partial charge in [0.25, 0.3) is 0 Å². The van der Waals surface area contributed by atoms with Gasteiger partial charge in [-0.25, -0.2) is 0 Å². The molecule has 0 aromatic rings. The van der Waals surface area contributed by atoms with E-state index < -0.39 is 6.10 Å². The molecule has 4 heteroatoms. The van der Waals surface area contributed by atoms with Gasteiger partial charge in [0.05, 0.1) is 18.6 Å². The van der Waals surface area contributed by atoms with Gasteiger partial charge in [-0.3, -0.25) is 4.79 Å². The van der Waals surface area contributed by atoms with Crippen molar-refractivity contribution in [3.8, 4) is 0 Å². The molecular weight excluding hydrogens is 292 g/mol. The highest BCUT2D eigenvalue weighted by Gasteiger charge is 2.39. The molecule has 1 fully saturated rings. The van der Waals surface area contributed by atoms with Crippen LogP contribution in [0.5, 0.6) is 0 Å². The lowest BCUT2D eigenvalue weighted by Crippen LogP contribution is -2.39. The molecule has 7 atom stereocenters. The molecule has 1 unspecified atom stereocenters. The molecule has 0 aromatic carbocycles. The van der Waals surface area contributed by atoms with E-state index in [0.29, 0.717) is 24.2 Å². The van der Waals surface area contributed by atoms with Crippen molar-refractivity contribution in [2.75, 3.05) is 0 Å². The Kier molecular flexibility index (Phi) is 4.93. The maximum Gasteiger partial charge on any atom is 0.308 e. The van der Waals surface area contributed by atoms with E-state index in [1.165, 1.54) is 5.57 Å². The molecule has 23 heavy (non-hydrogen) atoms. The first kappa shape index (κ1) is 16.7. The summed E-state index contributed by atoms with van der Waals surface area (Å²) in [6.07, 6.45) is 8.80. The predicted molar refractivity (Wildman–Crippen MR) is 87.5 cm³/mol. The summed E-state index contributed by atoms with van der Waals surface area (Å²) >= 11 is 0. The van der Waals surface area contributed by atoms with E-state index in [0.717, 1.165) is 19.3 Å². The third kappa shape index (κ3) is 3.69. The van der Waals surface area contributed by atoms with Crippen LogP contribution >= 0.6 is 0 Å². The molecule has 1 heterocycles. The Bertz CT molecular complexity index is 509. The van der Waals surface area contributed by atoms with Crippen LogP contribution in [-0.2, 0) is 9.53 Å². The Hall–Kier alpha value is -1.13. The number of carbonyl (C=O) groups is 1. The molecule has 0 radical (unpaired) electrons. The maximum atomic E-state index is 11.5. The number of aliphatic hydroxyl groups excluding tert-OH is 2. The summed E-state index contributed by atoms with van der Waals surface area (Å²) in [6, 6.07) is 0. The van der Waals surface area contributed by atoms with Gasteiger partial charge in [-0.1, -0.05) is 32.1 Å². The molecule has 0 saturated carbocycles. The Morgan fingerprint density at radius 1 is 1.22 bits per heavy atom. The van der Waals surface area contributed by atoms with Crippen molar-refractivity contribution < 1.29 is 19.7 Å². The van der Waals surface area contributed by atoms with Gasteiger partial charge in [-0.15, -0.1) is 0 Å². The fraction of sp³-hybridized carbons (Fsp3) is 0.737. The molecule has 0 bridgehead atoms. The summed E-state index contributed by atoms with van der Waals surface area (Å²) in [5.74, 6) is 1.09. The SMILES string of the molecule is C[C@H]1C=C2C=C[C@H](C)[C@H](CCC3C[C@H](O)CC(=O)O3)[C@H]2[C@@H](O)C1. The quantitative estimate of drug-likeness (QED) is 0.785.